The number of aliphatic carboxylic acids is 1. The highest BCUT2D eigenvalue weighted by Crippen LogP contribution is 2.04. The molecule has 0 unspecified atom stereocenters. The molecule has 1 aromatic rings. The second kappa shape index (κ2) is 8.56. The van der Waals surface area contributed by atoms with Crippen molar-refractivity contribution in [2.45, 2.75) is 19.4 Å². The van der Waals surface area contributed by atoms with Crippen molar-refractivity contribution in [1.29, 1.82) is 0 Å². The topological polar surface area (TPSA) is 92.7 Å². The van der Waals surface area contributed by atoms with Crippen LogP contribution in [0.2, 0.25) is 0 Å². The second-order valence-corrected chi connectivity index (χ2v) is 4.26. The number of carboxylic acids is 1. The summed E-state index contributed by atoms with van der Waals surface area (Å²) < 4.78 is 17.4. The zero-order chi connectivity index (χ0) is 16.5. The molecule has 1 aromatic carbocycles. The Bertz CT molecular complexity index is 568. The lowest BCUT2D eigenvalue weighted by Crippen LogP contribution is -2.40. The van der Waals surface area contributed by atoms with Crippen molar-refractivity contribution < 1.29 is 28.6 Å². The first-order chi connectivity index (χ1) is 10.4. The fourth-order valence-corrected chi connectivity index (χ4v) is 1.56. The molecule has 0 aromatic heterocycles. The van der Waals surface area contributed by atoms with E-state index in [0.717, 1.165) is 18.2 Å². The number of carboxylic acid groups (broad SMARTS) is 1. The monoisotopic (exact) mass is 309 g/mol. The molecule has 0 fully saturated rings. The van der Waals surface area contributed by atoms with E-state index in [1.54, 1.807) is 6.92 Å². The maximum absolute atomic E-state index is 12.8. The van der Waals surface area contributed by atoms with Crippen LogP contribution in [0.5, 0.6) is 0 Å². The van der Waals surface area contributed by atoms with Gasteiger partial charge in [-0.25, -0.2) is 14.0 Å². The summed E-state index contributed by atoms with van der Waals surface area (Å²) in [5.74, 6) is -2.97. The summed E-state index contributed by atoms with van der Waals surface area (Å²) in [6.45, 7) is 1.86. The fraction of sp³-hybridized carbons (Fsp3) is 0.267. The van der Waals surface area contributed by atoms with Crippen molar-refractivity contribution >= 4 is 17.8 Å². The smallest absolute Gasteiger partial charge is 0.330 e. The molecular formula is C15H16FNO5. The molecule has 1 amide bonds. The fourth-order valence-electron chi connectivity index (χ4n) is 1.56. The number of carbonyl (C=O) groups is 3. The third-order valence-electron chi connectivity index (χ3n) is 2.62. The Hall–Kier alpha value is -2.70. The summed E-state index contributed by atoms with van der Waals surface area (Å²) in [5, 5.41) is 11.4. The number of benzene rings is 1. The number of ether oxygens (including phenoxy) is 1. The molecular weight excluding hydrogens is 293 g/mol. The zero-order valence-corrected chi connectivity index (χ0v) is 11.9. The highest BCUT2D eigenvalue weighted by molar-refractivity contribution is 5.96. The number of carbonyl (C=O) groups excluding carboxylic acids is 2. The second-order valence-electron chi connectivity index (χ2n) is 4.26. The first-order valence-corrected chi connectivity index (χ1v) is 6.56. The van der Waals surface area contributed by atoms with Gasteiger partial charge in [0.1, 0.15) is 11.9 Å². The summed E-state index contributed by atoms with van der Waals surface area (Å²) in [7, 11) is 0. The maximum atomic E-state index is 12.8. The summed E-state index contributed by atoms with van der Waals surface area (Å²) in [6.07, 6.45) is 2.33. The minimum absolute atomic E-state index is 0.0823. The van der Waals surface area contributed by atoms with Crippen molar-refractivity contribution in [1.82, 2.24) is 5.32 Å². The molecule has 0 aliphatic rings. The van der Waals surface area contributed by atoms with Gasteiger partial charge in [-0.2, -0.15) is 0 Å². The number of nitrogens with one attached hydrogen (secondary N) is 1. The highest BCUT2D eigenvalue weighted by atomic mass is 19.1. The average molecular weight is 309 g/mol. The molecule has 0 aliphatic carbocycles. The largest absolute Gasteiger partial charge is 0.480 e. The molecule has 1 atom stereocenters. The molecule has 0 heterocycles. The van der Waals surface area contributed by atoms with E-state index >= 15 is 0 Å². The summed E-state index contributed by atoms with van der Waals surface area (Å²) in [6, 6.07) is 3.50. The van der Waals surface area contributed by atoms with Crippen LogP contribution in [0.25, 0.3) is 0 Å². The molecule has 0 aliphatic heterocycles. The van der Waals surface area contributed by atoms with Crippen LogP contribution in [0.15, 0.2) is 36.4 Å². The van der Waals surface area contributed by atoms with E-state index in [0.29, 0.717) is 0 Å². The Kier molecular flexibility index (Phi) is 6.75. The number of halogens is 1. The lowest BCUT2D eigenvalue weighted by molar-refractivity contribution is -0.139. The standard InChI is InChI=1S/C15H16FNO5/c1-2-22-13(18)5-3-4-12(15(20)21)17-14(19)10-6-8-11(16)9-7-10/h3,5-9,12H,2,4H2,1H3,(H,17,19)(H,20,21)/b5-3+/t12-/m0/s1. The lowest BCUT2D eigenvalue weighted by Gasteiger charge is -2.12. The summed E-state index contributed by atoms with van der Waals surface area (Å²) in [5.41, 5.74) is 0.141. The third kappa shape index (κ3) is 5.74. The van der Waals surface area contributed by atoms with Gasteiger partial charge in [0, 0.05) is 11.6 Å². The van der Waals surface area contributed by atoms with Crippen LogP contribution >= 0.6 is 0 Å². The Balaban J connectivity index is 2.64. The van der Waals surface area contributed by atoms with Gasteiger partial charge in [-0.15, -0.1) is 0 Å². The van der Waals surface area contributed by atoms with Gasteiger partial charge >= 0.3 is 11.9 Å². The van der Waals surface area contributed by atoms with Crippen LogP contribution < -0.4 is 5.32 Å². The number of amides is 1. The van der Waals surface area contributed by atoms with Crippen LogP contribution in [-0.2, 0) is 14.3 Å². The van der Waals surface area contributed by atoms with Gasteiger partial charge < -0.3 is 15.2 Å². The lowest BCUT2D eigenvalue weighted by atomic mass is 10.1. The molecule has 22 heavy (non-hydrogen) atoms. The average Bonchev–Trinajstić information content (AvgIpc) is 2.46. The Morgan fingerprint density at radius 1 is 1.32 bits per heavy atom. The molecule has 0 radical (unpaired) electrons. The van der Waals surface area contributed by atoms with Crippen molar-refractivity contribution in [2.75, 3.05) is 6.61 Å². The molecule has 0 saturated carbocycles. The highest BCUT2D eigenvalue weighted by Gasteiger charge is 2.19. The summed E-state index contributed by atoms with van der Waals surface area (Å²) in [4.78, 5) is 34.0. The van der Waals surface area contributed by atoms with Crippen LogP contribution in [0.1, 0.15) is 23.7 Å². The SMILES string of the molecule is CCOC(=O)/C=C/C[C@H](NC(=O)c1ccc(F)cc1)C(=O)O. The minimum atomic E-state index is -1.25. The van der Waals surface area contributed by atoms with Crippen LogP contribution in [-0.4, -0.2) is 35.6 Å². The first kappa shape index (κ1) is 17.4. The first-order valence-electron chi connectivity index (χ1n) is 6.56. The van der Waals surface area contributed by atoms with E-state index in [-0.39, 0.29) is 18.6 Å². The quantitative estimate of drug-likeness (QED) is 0.588. The molecule has 0 saturated heterocycles. The van der Waals surface area contributed by atoms with Crippen molar-refractivity contribution in [3.63, 3.8) is 0 Å². The van der Waals surface area contributed by atoms with Crippen molar-refractivity contribution in [3.05, 3.63) is 47.8 Å². The van der Waals surface area contributed by atoms with Gasteiger partial charge in [0.15, 0.2) is 0 Å². The molecule has 0 bridgehead atoms. The zero-order valence-electron chi connectivity index (χ0n) is 11.9. The van der Waals surface area contributed by atoms with Gasteiger partial charge in [0.2, 0.25) is 0 Å². The van der Waals surface area contributed by atoms with E-state index in [4.69, 9.17) is 5.11 Å². The van der Waals surface area contributed by atoms with Crippen molar-refractivity contribution in [2.24, 2.45) is 0 Å². The van der Waals surface area contributed by atoms with E-state index in [2.05, 4.69) is 10.1 Å². The third-order valence-corrected chi connectivity index (χ3v) is 2.62. The summed E-state index contributed by atoms with van der Waals surface area (Å²) >= 11 is 0. The van der Waals surface area contributed by atoms with E-state index in [1.165, 1.54) is 18.2 Å². The van der Waals surface area contributed by atoms with Gasteiger partial charge in [0.05, 0.1) is 6.61 Å². The molecule has 6 nitrogen and oxygen atoms in total. The molecule has 7 heteroatoms. The van der Waals surface area contributed by atoms with Crippen molar-refractivity contribution in [3.8, 4) is 0 Å². The number of hydrogen-bond donors (Lipinski definition) is 2. The number of rotatable bonds is 7. The molecule has 1 rings (SSSR count). The van der Waals surface area contributed by atoms with E-state index in [1.807, 2.05) is 0 Å². The Morgan fingerprint density at radius 3 is 2.50 bits per heavy atom. The predicted molar refractivity (Wildman–Crippen MR) is 75.7 cm³/mol. The Labute approximate surface area is 126 Å². The van der Waals surface area contributed by atoms with Gasteiger partial charge in [-0.1, -0.05) is 6.08 Å². The van der Waals surface area contributed by atoms with Crippen LogP contribution in [0.4, 0.5) is 4.39 Å². The van der Waals surface area contributed by atoms with Crippen LogP contribution in [0, 0.1) is 5.82 Å². The van der Waals surface area contributed by atoms with E-state index in [9.17, 15) is 18.8 Å². The van der Waals surface area contributed by atoms with Gasteiger partial charge in [0.25, 0.3) is 5.91 Å². The molecule has 2 N–H and O–H groups in total. The predicted octanol–water partition coefficient (Wildman–Crippen LogP) is 1.52. The Morgan fingerprint density at radius 2 is 1.95 bits per heavy atom. The van der Waals surface area contributed by atoms with E-state index < -0.39 is 29.7 Å². The number of esters is 1. The molecule has 118 valence electrons. The van der Waals surface area contributed by atoms with Gasteiger partial charge in [-0.3, -0.25) is 4.79 Å². The van der Waals surface area contributed by atoms with Gasteiger partial charge in [-0.05, 0) is 37.6 Å². The normalized spacial score (nSPS) is 11.9. The minimum Gasteiger partial charge on any atom is -0.480 e. The molecule has 0 spiro atoms. The maximum Gasteiger partial charge on any atom is 0.330 e. The number of hydrogen-bond acceptors (Lipinski definition) is 4. The van der Waals surface area contributed by atoms with Crippen LogP contribution in [0.3, 0.4) is 0 Å².